The molecule has 0 aliphatic rings. The van der Waals surface area contributed by atoms with Crippen molar-refractivity contribution in [3.05, 3.63) is 48.6 Å². The summed E-state index contributed by atoms with van der Waals surface area (Å²) in [7, 11) is 0. The number of unbranched alkanes of at least 4 members (excludes halogenated alkanes) is 44. The van der Waals surface area contributed by atoms with Crippen LogP contribution in [0.5, 0.6) is 0 Å². The van der Waals surface area contributed by atoms with E-state index in [4.69, 9.17) is 9.47 Å². The lowest BCUT2D eigenvalue weighted by Crippen LogP contribution is -2.28. The van der Waals surface area contributed by atoms with Crippen molar-refractivity contribution >= 4 is 11.9 Å². The lowest BCUT2D eigenvalue weighted by Gasteiger charge is -2.15. The van der Waals surface area contributed by atoms with Gasteiger partial charge in [-0.2, -0.15) is 0 Å². The van der Waals surface area contributed by atoms with Gasteiger partial charge in [0.2, 0.25) is 0 Å². The second-order valence-corrected chi connectivity index (χ2v) is 21.8. The van der Waals surface area contributed by atoms with Gasteiger partial charge in [-0.05, 0) is 77.0 Å². The van der Waals surface area contributed by atoms with Gasteiger partial charge in [-0.3, -0.25) is 9.59 Å². The van der Waals surface area contributed by atoms with Crippen LogP contribution < -0.4 is 0 Å². The molecule has 1 unspecified atom stereocenters. The molecule has 1 N–H and O–H groups in total. The molecule has 0 heterocycles. The largest absolute Gasteiger partial charge is 0.462 e. The lowest BCUT2D eigenvalue weighted by atomic mass is 10.0. The highest BCUT2D eigenvalue weighted by atomic mass is 16.6. The molecule has 0 aliphatic heterocycles. The lowest BCUT2D eigenvalue weighted by molar-refractivity contribution is -0.161. The first-order valence-corrected chi connectivity index (χ1v) is 32.2. The second-order valence-electron chi connectivity index (χ2n) is 21.8. The molecule has 0 aromatic rings. The first kappa shape index (κ1) is 69.9. The predicted octanol–water partition coefficient (Wildman–Crippen LogP) is 22.0. The molecule has 0 radical (unpaired) electrons. The van der Waals surface area contributed by atoms with Crippen LogP contribution in [0.25, 0.3) is 0 Å². The summed E-state index contributed by atoms with van der Waals surface area (Å²) in [6, 6.07) is 0. The van der Waals surface area contributed by atoms with Crippen molar-refractivity contribution in [2.24, 2.45) is 0 Å². The minimum atomic E-state index is -0.772. The summed E-state index contributed by atoms with van der Waals surface area (Å²) < 4.78 is 10.7. The summed E-state index contributed by atoms with van der Waals surface area (Å²) in [5.41, 5.74) is 0. The predicted molar refractivity (Wildman–Crippen MR) is 316 cm³/mol. The van der Waals surface area contributed by atoms with Crippen LogP contribution in [0.2, 0.25) is 0 Å². The molecule has 0 saturated carbocycles. The number of hydrogen-bond donors (Lipinski definition) is 1. The number of carbonyl (C=O) groups is 2. The van der Waals surface area contributed by atoms with Crippen molar-refractivity contribution in [1.29, 1.82) is 0 Å². The van der Waals surface area contributed by atoms with Gasteiger partial charge in [0.05, 0.1) is 6.61 Å². The Morgan fingerprint density at radius 1 is 0.319 bits per heavy atom. The van der Waals surface area contributed by atoms with E-state index in [9.17, 15) is 14.7 Å². The Bertz CT molecular complexity index is 1190. The third kappa shape index (κ3) is 60.4. The molecule has 422 valence electrons. The van der Waals surface area contributed by atoms with Crippen LogP contribution >= 0.6 is 0 Å². The Balaban J connectivity index is 3.43. The minimum absolute atomic E-state index is 0.0623. The minimum Gasteiger partial charge on any atom is -0.462 e. The number of aliphatic hydroxyl groups is 1. The zero-order chi connectivity index (χ0) is 52.0. The Labute approximate surface area is 449 Å². The van der Waals surface area contributed by atoms with Gasteiger partial charge in [0.25, 0.3) is 0 Å². The molecular formula is C67H124O5. The SMILES string of the molecule is CCCCCCC/C=C\C/C=C\C/C=C\CCCCCCCCCCCCCCCCC(=O)OC(CO)COC(=O)CCCCCCCCCCCCCCCCCCC/C=C\CCCCCCCCCC. The zero-order valence-electron chi connectivity index (χ0n) is 48.5. The van der Waals surface area contributed by atoms with E-state index < -0.39 is 6.10 Å². The molecule has 0 aliphatic carbocycles. The molecular weight excluding hydrogens is 885 g/mol. The Kier molecular flexibility index (Phi) is 61.3. The van der Waals surface area contributed by atoms with Crippen LogP contribution in [-0.2, 0) is 19.1 Å². The maximum absolute atomic E-state index is 12.3. The molecule has 0 amide bonds. The van der Waals surface area contributed by atoms with Crippen molar-refractivity contribution < 1.29 is 24.2 Å². The van der Waals surface area contributed by atoms with E-state index in [-0.39, 0.29) is 25.2 Å². The quantitative estimate of drug-likeness (QED) is 0.0373. The van der Waals surface area contributed by atoms with Crippen molar-refractivity contribution in [2.45, 2.75) is 354 Å². The molecule has 1 atom stereocenters. The highest BCUT2D eigenvalue weighted by Crippen LogP contribution is 2.18. The average Bonchev–Trinajstić information content (AvgIpc) is 3.38. The highest BCUT2D eigenvalue weighted by molar-refractivity contribution is 5.70. The summed E-state index contributed by atoms with van der Waals surface area (Å²) in [5.74, 6) is -0.574. The molecule has 5 heteroatoms. The van der Waals surface area contributed by atoms with E-state index in [1.165, 1.54) is 270 Å². The van der Waals surface area contributed by atoms with Crippen LogP contribution in [0.15, 0.2) is 48.6 Å². The molecule has 0 rings (SSSR count). The second kappa shape index (κ2) is 63.2. The van der Waals surface area contributed by atoms with E-state index in [1.54, 1.807) is 0 Å². The number of esters is 2. The van der Waals surface area contributed by atoms with Crippen molar-refractivity contribution in [2.75, 3.05) is 13.2 Å². The van der Waals surface area contributed by atoms with E-state index in [0.717, 1.165) is 51.4 Å². The molecule has 5 nitrogen and oxygen atoms in total. The van der Waals surface area contributed by atoms with Crippen LogP contribution in [0.4, 0.5) is 0 Å². The third-order valence-corrected chi connectivity index (χ3v) is 14.6. The topological polar surface area (TPSA) is 72.8 Å². The number of rotatable bonds is 60. The average molecular weight is 1010 g/mol. The molecule has 0 aromatic heterocycles. The molecule has 0 bridgehead atoms. The molecule has 0 saturated heterocycles. The number of aliphatic hydroxyl groups excluding tert-OH is 1. The monoisotopic (exact) mass is 1010 g/mol. The van der Waals surface area contributed by atoms with Gasteiger partial charge < -0.3 is 14.6 Å². The summed E-state index contributed by atoms with van der Waals surface area (Å²) in [4.78, 5) is 24.6. The van der Waals surface area contributed by atoms with E-state index in [1.807, 2.05) is 0 Å². The Morgan fingerprint density at radius 3 is 0.847 bits per heavy atom. The summed E-state index contributed by atoms with van der Waals surface area (Å²) >= 11 is 0. The van der Waals surface area contributed by atoms with Gasteiger partial charge in [-0.25, -0.2) is 0 Å². The number of ether oxygens (including phenoxy) is 2. The van der Waals surface area contributed by atoms with Gasteiger partial charge in [0.15, 0.2) is 6.10 Å². The third-order valence-electron chi connectivity index (χ3n) is 14.6. The number of allylic oxidation sites excluding steroid dienone is 8. The number of hydrogen-bond acceptors (Lipinski definition) is 5. The van der Waals surface area contributed by atoms with Crippen molar-refractivity contribution in [3.8, 4) is 0 Å². The van der Waals surface area contributed by atoms with Gasteiger partial charge in [-0.15, -0.1) is 0 Å². The van der Waals surface area contributed by atoms with E-state index >= 15 is 0 Å². The van der Waals surface area contributed by atoms with Crippen molar-refractivity contribution in [1.82, 2.24) is 0 Å². The highest BCUT2D eigenvalue weighted by Gasteiger charge is 2.16. The molecule has 0 fully saturated rings. The summed E-state index contributed by atoms with van der Waals surface area (Å²) in [5, 5.41) is 9.68. The molecule has 72 heavy (non-hydrogen) atoms. The first-order chi connectivity index (χ1) is 35.6. The standard InChI is InChI=1S/C67H124O5/c1-3-5-7-9-11-13-15-17-19-21-23-25-27-29-31-33-35-37-39-41-43-45-47-49-51-53-55-57-59-61-66(69)71-64-65(63-68)72-67(70)62-60-58-56-54-52-50-48-46-44-42-40-38-36-34-32-30-28-26-24-22-20-18-16-14-12-10-8-6-4-2/h16,18,21-24,28,30,65,68H,3-15,17,19-20,25-27,29,31-64H2,1-2H3/b18-16-,23-21-,24-22-,30-28-. The number of carbonyl (C=O) groups excluding carboxylic acids is 2. The van der Waals surface area contributed by atoms with Gasteiger partial charge in [-0.1, -0.05) is 306 Å². The molecule has 0 spiro atoms. The van der Waals surface area contributed by atoms with E-state index in [2.05, 4.69) is 62.5 Å². The van der Waals surface area contributed by atoms with Crippen LogP contribution in [0, 0.1) is 0 Å². The Morgan fingerprint density at radius 2 is 0.556 bits per heavy atom. The maximum atomic E-state index is 12.3. The first-order valence-electron chi connectivity index (χ1n) is 32.2. The van der Waals surface area contributed by atoms with Gasteiger partial charge in [0.1, 0.15) is 6.61 Å². The van der Waals surface area contributed by atoms with Crippen LogP contribution in [0.1, 0.15) is 348 Å². The molecule has 0 aromatic carbocycles. The fourth-order valence-electron chi connectivity index (χ4n) is 9.74. The van der Waals surface area contributed by atoms with Crippen molar-refractivity contribution in [3.63, 3.8) is 0 Å². The fourth-order valence-corrected chi connectivity index (χ4v) is 9.74. The Hall–Kier alpha value is -2.14. The summed E-state index contributed by atoms with van der Waals surface area (Å²) in [6.07, 6.45) is 84.0. The fraction of sp³-hybridized carbons (Fsp3) is 0.851. The maximum Gasteiger partial charge on any atom is 0.306 e. The van der Waals surface area contributed by atoms with Crippen LogP contribution in [0.3, 0.4) is 0 Å². The summed E-state index contributed by atoms with van der Waals surface area (Å²) in [6.45, 7) is 4.18. The van der Waals surface area contributed by atoms with Crippen LogP contribution in [-0.4, -0.2) is 36.4 Å². The van der Waals surface area contributed by atoms with E-state index in [0.29, 0.717) is 12.8 Å². The van der Waals surface area contributed by atoms with Gasteiger partial charge >= 0.3 is 11.9 Å². The zero-order valence-corrected chi connectivity index (χ0v) is 48.5. The normalized spacial score (nSPS) is 12.4. The smallest absolute Gasteiger partial charge is 0.306 e. The van der Waals surface area contributed by atoms with Gasteiger partial charge in [0, 0.05) is 12.8 Å².